The van der Waals surface area contributed by atoms with Gasteiger partial charge in [0.25, 0.3) is 0 Å². The summed E-state index contributed by atoms with van der Waals surface area (Å²) in [6, 6.07) is 7.83. The van der Waals surface area contributed by atoms with Gasteiger partial charge in [-0.1, -0.05) is 58.5 Å². The van der Waals surface area contributed by atoms with Gasteiger partial charge in [0.15, 0.2) is 0 Å². The van der Waals surface area contributed by atoms with Gasteiger partial charge in [0.2, 0.25) is 0 Å². The molecule has 114 valence electrons. The molecule has 0 bridgehead atoms. The SMILES string of the molecule is CC(Cl)N(c1ccccc1N(C(C)Cl)C(C)Cl)C(C)Cl. The molecule has 20 heavy (non-hydrogen) atoms. The van der Waals surface area contributed by atoms with Crippen molar-refractivity contribution in [3.63, 3.8) is 0 Å². The summed E-state index contributed by atoms with van der Waals surface area (Å²) < 4.78 is 0. The maximum atomic E-state index is 6.27. The zero-order valence-electron chi connectivity index (χ0n) is 12.0. The molecule has 0 fully saturated rings. The molecular formula is C14H20Cl4N2. The zero-order valence-corrected chi connectivity index (χ0v) is 15.0. The monoisotopic (exact) mass is 356 g/mol. The Morgan fingerprint density at radius 1 is 0.650 bits per heavy atom. The number of hydrogen-bond donors (Lipinski definition) is 0. The molecule has 4 unspecified atom stereocenters. The first-order chi connectivity index (χ1) is 9.27. The van der Waals surface area contributed by atoms with Crippen LogP contribution >= 0.6 is 46.4 Å². The van der Waals surface area contributed by atoms with Crippen molar-refractivity contribution >= 4 is 57.8 Å². The second kappa shape index (κ2) is 7.84. The van der Waals surface area contributed by atoms with Crippen molar-refractivity contribution < 1.29 is 0 Å². The van der Waals surface area contributed by atoms with Crippen molar-refractivity contribution in [1.82, 2.24) is 0 Å². The van der Waals surface area contributed by atoms with Crippen LogP contribution in [0.4, 0.5) is 11.4 Å². The summed E-state index contributed by atoms with van der Waals surface area (Å²) in [5, 5.41) is 0. The van der Waals surface area contributed by atoms with Crippen LogP contribution in [0.25, 0.3) is 0 Å². The third-order valence-corrected chi connectivity index (χ3v) is 3.81. The van der Waals surface area contributed by atoms with Crippen LogP contribution in [0.2, 0.25) is 0 Å². The Labute approximate surface area is 141 Å². The summed E-state index contributed by atoms with van der Waals surface area (Å²) in [5.74, 6) is 0. The van der Waals surface area contributed by atoms with Crippen LogP contribution < -0.4 is 9.80 Å². The van der Waals surface area contributed by atoms with E-state index < -0.39 is 0 Å². The number of para-hydroxylation sites is 2. The fraction of sp³-hybridized carbons (Fsp3) is 0.571. The molecule has 0 aliphatic heterocycles. The Kier molecular flexibility index (Phi) is 7.07. The maximum Gasteiger partial charge on any atom is 0.102 e. The average Bonchev–Trinajstić information content (AvgIpc) is 2.29. The lowest BCUT2D eigenvalue weighted by Gasteiger charge is -2.37. The van der Waals surface area contributed by atoms with Crippen LogP contribution in [0.3, 0.4) is 0 Å². The molecule has 0 amide bonds. The van der Waals surface area contributed by atoms with Gasteiger partial charge in [-0.15, -0.1) is 0 Å². The fourth-order valence-electron chi connectivity index (χ4n) is 2.23. The molecule has 1 aromatic rings. The summed E-state index contributed by atoms with van der Waals surface area (Å²) in [7, 11) is 0. The highest BCUT2D eigenvalue weighted by Crippen LogP contribution is 2.36. The van der Waals surface area contributed by atoms with Crippen LogP contribution in [0.15, 0.2) is 24.3 Å². The quantitative estimate of drug-likeness (QED) is 0.480. The first-order valence-corrected chi connectivity index (χ1v) is 8.24. The molecule has 0 spiro atoms. The molecule has 0 heterocycles. The topological polar surface area (TPSA) is 6.48 Å². The highest BCUT2D eigenvalue weighted by atomic mass is 35.5. The summed E-state index contributed by atoms with van der Waals surface area (Å²) in [6.07, 6.45) is 0. The fourth-order valence-corrected chi connectivity index (χ4v) is 3.45. The molecule has 0 N–H and O–H groups in total. The largest absolute Gasteiger partial charge is 0.338 e. The molecule has 4 atom stereocenters. The summed E-state index contributed by atoms with van der Waals surface area (Å²) >= 11 is 25.1. The van der Waals surface area contributed by atoms with Gasteiger partial charge in [-0.3, -0.25) is 0 Å². The van der Waals surface area contributed by atoms with Gasteiger partial charge in [-0.25, -0.2) is 0 Å². The van der Waals surface area contributed by atoms with E-state index in [0.29, 0.717) is 0 Å². The lowest BCUT2D eigenvalue weighted by Crippen LogP contribution is -2.39. The Bertz CT molecular complexity index is 366. The normalized spacial score (nSPS) is 17.2. The van der Waals surface area contributed by atoms with Gasteiger partial charge in [-0.2, -0.15) is 0 Å². The number of benzene rings is 1. The van der Waals surface area contributed by atoms with Crippen molar-refractivity contribution in [2.45, 2.75) is 49.7 Å². The molecule has 2 nitrogen and oxygen atoms in total. The lowest BCUT2D eigenvalue weighted by atomic mass is 10.2. The smallest absolute Gasteiger partial charge is 0.102 e. The first-order valence-electron chi connectivity index (χ1n) is 6.49. The van der Waals surface area contributed by atoms with Gasteiger partial charge in [-0.05, 0) is 39.8 Å². The lowest BCUT2D eigenvalue weighted by molar-refractivity contribution is 0.741. The van der Waals surface area contributed by atoms with Gasteiger partial charge < -0.3 is 9.80 Å². The highest BCUT2D eigenvalue weighted by Gasteiger charge is 2.25. The number of halogens is 4. The van der Waals surface area contributed by atoms with Crippen molar-refractivity contribution in [3.8, 4) is 0 Å². The second-order valence-electron chi connectivity index (χ2n) is 4.60. The molecule has 0 radical (unpaired) electrons. The molecule has 0 aliphatic carbocycles. The molecule has 6 heteroatoms. The molecule has 1 rings (SSSR count). The molecule has 0 saturated heterocycles. The zero-order chi connectivity index (χ0) is 15.4. The molecule has 0 aliphatic rings. The van der Waals surface area contributed by atoms with E-state index in [2.05, 4.69) is 0 Å². The van der Waals surface area contributed by atoms with Crippen molar-refractivity contribution in [2.24, 2.45) is 0 Å². The van der Waals surface area contributed by atoms with E-state index in [0.717, 1.165) is 11.4 Å². The number of hydrogen-bond acceptors (Lipinski definition) is 2. The minimum absolute atomic E-state index is 0.248. The summed E-state index contributed by atoms with van der Waals surface area (Å²) in [6.45, 7) is 7.54. The van der Waals surface area contributed by atoms with Crippen molar-refractivity contribution in [3.05, 3.63) is 24.3 Å². The number of rotatable bonds is 6. The third-order valence-electron chi connectivity index (χ3n) is 2.97. The van der Waals surface area contributed by atoms with E-state index in [4.69, 9.17) is 46.4 Å². The second-order valence-corrected chi connectivity index (χ2v) is 7.13. The molecular weight excluding hydrogens is 338 g/mol. The minimum Gasteiger partial charge on any atom is -0.338 e. The number of anilines is 2. The molecule has 0 saturated carbocycles. The number of alkyl halides is 4. The van der Waals surface area contributed by atoms with E-state index in [1.165, 1.54) is 0 Å². The molecule has 0 aromatic heterocycles. The third kappa shape index (κ3) is 4.24. The Morgan fingerprint density at radius 2 is 0.900 bits per heavy atom. The van der Waals surface area contributed by atoms with E-state index in [1.807, 2.05) is 61.8 Å². The highest BCUT2D eigenvalue weighted by molar-refractivity contribution is 6.27. The standard InChI is InChI=1S/C14H20Cl4N2/c1-9(15)19(10(2)16)13-7-5-6-8-14(13)20(11(3)17)12(4)18/h5-12H,1-4H3. The summed E-state index contributed by atoms with van der Waals surface area (Å²) in [4.78, 5) is 3.84. The first kappa shape index (κ1) is 18.0. The van der Waals surface area contributed by atoms with Crippen molar-refractivity contribution in [2.75, 3.05) is 9.80 Å². The minimum atomic E-state index is -0.248. The van der Waals surface area contributed by atoms with E-state index in [9.17, 15) is 0 Å². The van der Waals surface area contributed by atoms with Crippen LogP contribution in [-0.4, -0.2) is 22.0 Å². The van der Waals surface area contributed by atoms with E-state index in [-0.39, 0.29) is 22.0 Å². The Morgan fingerprint density at radius 3 is 1.10 bits per heavy atom. The predicted molar refractivity (Wildman–Crippen MR) is 92.7 cm³/mol. The number of nitrogens with zero attached hydrogens (tertiary/aromatic N) is 2. The van der Waals surface area contributed by atoms with Gasteiger partial charge in [0.1, 0.15) is 22.0 Å². The predicted octanol–water partition coefficient (Wildman–Crippen LogP) is 5.64. The Hall–Kier alpha value is -0.0200. The van der Waals surface area contributed by atoms with Crippen molar-refractivity contribution in [1.29, 1.82) is 0 Å². The Balaban J connectivity index is 3.34. The maximum absolute atomic E-state index is 6.27. The summed E-state index contributed by atoms with van der Waals surface area (Å²) in [5.41, 5.74) is 0.835. The van der Waals surface area contributed by atoms with Crippen LogP contribution in [0.1, 0.15) is 27.7 Å². The van der Waals surface area contributed by atoms with E-state index in [1.54, 1.807) is 0 Å². The van der Waals surface area contributed by atoms with E-state index >= 15 is 0 Å². The van der Waals surface area contributed by atoms with Gasteiger partial charge >= 0.3 is 0 Å². The van der Waals surface area contributed by atoms with Crippen LogP contribution in [0.5, 0.6) is 0 Å². The van der Waals surface area contributed by atoms with Crippen LogP contribution in [0, 0.1) is 0 Å². The van der Waals surface area contributed by atoms with Gasteiger partial charge in [0.05, 0.1) is 11.4 Å². The molecule has 1 aromatic carbocycles. The average molecular weight is 358 g/mol. The van der Waals surface area contributed by atoms with Crippen LogP contribution in [-0.2, 0) is 0 Å². The van der Waals surface area contributed by atoms with Gasteiger partial charge in [0, 0.05) is 0 Å².